The molecule has 0 aliphatic heterocycles. The Labute approximate surface area is 163 Å². The van der Waals surface area contributed by atoms with Crippen LogP contribution in [0, 0.1) is 12.7 Å². The van der Waals surface area contributed by atoms with Crippen LogP contribution in [0.25, 0.3) is 11.3 Å². The Kier molecular flexibility index (Phi) is 6.78. The zero-order valence-corrected chi connectivity index (χ0v) is 15.8. The minimum absolute atomic E-state index is 0.0585. The van der Waals surface area contributed by atoms with Crippen molar-refractivity contribution in [3.63, 3.8) is 0 Å². The average molecular weight is 382 g/mol. The number of carbonyl (C=O) groups excluding carboxylic acids is 1. The van der Waals surface area contributed by atoms with Crippen molar-refractivity contribution in [3.8, 4) is 17.1 Å². The Hall–Kier alpha value is -3.15. The second-order valence-electron chi connectivity index (χ2n) is 6.49. The molecule has 5 nitrogen and oxygen atoms in total. The molecule has 146 valence electrons. The van der Waals surface area contributed by atoms with Crippen LogP contribution < -0.4 is 10.1 Å². The monoisotopic (exact) mass is 382 g/mol. The Bertz CT molecular complexity index is 889. The first-order chi connectivity index (χ1) is 13.6. The summed E-state index contributed by atoms with van der Waals surface area (Å²) in [6.45, 7) is 2.99. The van der Waals surface area contributed by atoms with Crippen LogP contribution in [0.4, 0.5) is 4.39 Å². The van der Waals surface area contributed by atoms with E-state index >= 15 is 0 Å². The molecule has 0 aliphatic carbocycles. The van der Waals surface area contributed by atoms with Gasteiger partial charge in [-0.25, -0.2) is 9.37 Å². The van der Waals surface area contributed by atoms with Gasteiger partial charge in [0.15, 0.2) is 11.7 Å². The molecule has 0 radical (unpaired) electrons. The number of nitrogens with one attached hydrogen (secondary N) is 1. The third-order valence-corrected chi connectivity index (χ3v) is 4.18. The van der Waals surface area contributed by atoms with Gasteiger partial charge in [0.1, 0.15) is 11.6 Å². The highest BCUT2D eigenvalue weighted by Crippen LogP contribution is 2.21. The number of carbonyl (C=O) groups is 1. The van der Waals surface area contributed by atoms with Gasteiger partial charge >= 0.3 is 0 Å². The summed E-state index contributed by atoms with van der Waals surface area (Å²) in [5, 5.41) is 2.84. The minimum Gasteiger partial charge on any atom is -0.494 e. The standard InChI is InChI=1S/C22H23FN2O3/c1-16-3-5-17(6-4-16)20-15-25-22(28-20)12-11-21(26)24-13-2-14-27-19-9-7-18(23)8-10-19/h3-10,15H,2,11-14H2,1H3,(H,24,26). The van der Waals surface area contributed by atoms with Gasteiger partial charge in [-0.15, -0.1) is 0 Å². The maximum Gasteiger partial charge on any atom is 0.220 e. The molecular formula is C22H23FN2O3. The predicted molar refractivity (Wildman–Crippen MR) is 105 cm³/mol. The van der Waals surface area contributed by atoms with Gasteiger partial charge in [-0.1, -0.05) is 29.8 Å². The van der Waals surface area contributed by atoms with E-state index in [0.717, 1.165) is 5.56 Å². The van der Waals surface area contributed by atoms with Crippen LogP contribution in [-0.4, -0.2) is 24.0 Å². The Morgan fingerprint density at radius 1 is 1.14 bits per heavy atom. The van der Waals surface area contributed by atoms with Crippen molar-refractivity contribution in [2.75, 3.05) is 13.2 Å². The van der Waals surface area contributed by atoms with Crippen LogP contribution in [0.1, 0.15) is 24.3 Å². The summed E-state index contributed by atoms with van der Waals surface area (Å²) in [6.07, 6.45) is 3.11. The molecule has 0 saturated heterocycles. The molecule has 0 unspecified atom stereocenters. The van der Waals surface area contributed by atoms with Crippen molar-refractivity contribution in [2.24, 2.45) is 0 Å². The van der Waals surface area contributed by atoms with Crippen LogP contribution in [0.5, 0.6) is 5.75 Å². The van der Waals surface area contributed by atoms with Crippen molar-refractivity contribution in [1.29, 1.82) is 0 Å². The molecule has 1 heterocycles. The highest BCUT2D eigenvalue weighted by atomic mass is 19.1. The summed E-state index contributed by atoms with van der Waals surface area (Å²) < 4.78 is 24.0. The second kappa shape index (κ2) is 9.69. The smallest absolute Gasteiger partial charge is 0.220 e. The predicted octanol–water partition coefficient (Wildman–Crippen LogP) is 4.31. The van der Waals surface area contributed by atoms with Crippen LogP contribution in [0.3, 0.4) is 0 Å². The van der Waals surface area contributed by atoms with Crippen molar-refractivity contribution in [2.45, 2.75) is 26.2 Å². The number of aromatic nitrogens is 1. The van der Waals surface area contributed by atoms with Gasteiger partial charge in [0, 0.05) is 24.9 Å². The molecule has 28 heavy (non-hydrogen) atoms. The van der Waals surface area contributed by atoms with E-state index in [0.29, 0.717) is 49.8 Å². The quantitative estimate of drug-likeness (QED) is 0.560. The molecule has 0 fully saturated rings. The molecule has 6 heteroatoms. The molecule has 1 amide bonds. The van der Waals surface area contributed by atoms with Gasteiger partial charge in [0.25, 0.3) is 0 Å². The number of halogens is 1. The largest absolute Gasteiger partial charge is 0.494 e. The molecule has 3 rings (SSSR count). The van der Waals surface area contributed by atoms with Crippen molar-refractivity contribution in [3.05, 3.63) is 72.0 Å². The SMILES string of the molecule is Cc1ccc(-c2cnc(CCC(=O)NCCCOc3ccc(F)cc3)o2)cc1. The third-order valence-electron chi connectivity index (χ3n) is 4.18. The lowest BCUT2D eigenvalue weighted by Gasteiger charge is -2.07. The van der Waals surface area contributed by atoms with E-state index in [1.54, 1.807) is 18.3 Å². The van der Waals surface area contributed by atoms with E-state index in [9.17, 15) is 9.18 Å². The number of oxazole rings is 1. The lowest BCUT2D eigenvalue weighted by Crippen LogP contribution is -2.25. The van der Waals surface area contributed by atoms with E-state index in [4.69, 9.17) is 9.15 Å². The van der Waals surface area contributed by atoms with Crippen molar-refractivity contribution < 1.29 is 18.3 Å². The number of hydrogen-bond acceptors (Lipinski definition) is 4. The van der Waals surface area contributed by atoms with Gasteiger partial charge < -0.3 is 14.5 Å². The second-order valence-corrected chi connectivity index (χ2v) is 6.49. The van der Waals surface area contributed by atoms with Crippen LogP contribution in [0.15, 0.2) is 59.1 Å². The average Bonchev–Trinajstić information content (AvgIpc) is 3.17. The van der Waals surface area contributed by atoms with Crippen molar-refractivity contribution >= 4 is 5.91 Å². The lowest BCUT2D eigenvalue weighted by molar-refractivity contribution is -0.121. The summed E-state index contributed by atoms with van der Waals surface area (Å²) in [4.78, 5) is 16.2. The molecule has 0 saturated carbocycles. The van der Waals surface area contributed by atoms with Gasteiger partial charge in [0.05, 0.1) is 12.8 Å². The van der Waals surface area contributed by atoms with Crippen molar-refractivity contribution in [1.82, 2.24) is 10.3 Å². The van der Waals surface area contributed by atoms with Crippen LogP contribution in [0.2, 0.25) is 0 Å². The van der Waals surface area contributed by atoms with E-state index in [-0.39, 0.29) is 11.7 Å². The van der Waals surface area contributed by atoms with Gasteiger partial charge in [-0.2, -0.15) is 0 Å². The first-order valence-electron chi connectivity index (χ1n) is 9.27. The first kappa shape index (κ1) is 19.6. The van der Waals surface area contributed by atoms with Gasteiger partial charge in [0.2, 0.25) is 5.91 Å². The van der Waals surface area contributed by atoms with E-state index in [1.165, 1.54) is 17.7 Å². The minimum atomic E-state index is -0.295. The van der Waals surface area contributed by atoms with Gasteiger partial charge in [-0.05, 0) is 37.6 Å². The summed E-state index contributed by atoms with van der Waals surface area (Å²) >= 11 is 0. The van der Waals surface area contributed by atoms with E-state index < -0.39 is 0 Å². The number of amides is 1. The number of ether oxygens (including phenoxy) is 1. The zero-order chi connectivity index (χ0) is 19.8. The van der Waals surface area contributed by atoms with E-state index in [2.05, 4.69) is 10.3 Å². The van der Waals surface area contributed by atoms with Gasteiger partial charge in [-0.3, -0.25) is 4.79 Å². The number of rotatable bonds is 9. The molecule has 0 spiro atoms. The first-order valence-corrected chi connectivity index (χ1v) is 9.27. The van der Waals surface area contributed by atoms with Crippen LogP contribution in [-0.2, 0) is 11.2 Å². The summed E-state index contributed by atoms with van der Waals surface area (Å²) in [5.41, 5.74) is 2.15. The Morgan fingerprint density at radius 2 is 1.89 bits per heavy atom. The number of aryl methyl sites for hydroxylation is 2. The molecule has 0 bridgehead atoms. The topological polar surface area (TPSA) is 64.4 Å². The number of hydrogen-bond donors (Lipinski definition) is 1. The number of nitrogens with zero attached hydrogens (tertiary/aromatic N) is 1. The molecular weight excluding hydrogens is 359 g/mol. The normalized spacial score (nSPS) is 10.6. The Balaban J connectivity index is 1.33. The molecule has 3 aromatic rings. The van der Waals surface area contributed by atoms with Crippen LogP contribution >= 0.6 is 0 Å². The zero-order valence-electron chi connectivity index (χ0n) is 15.8. The molecule has 1 aromatic heterocycles. The fourth-order valence-electron chi connectivity index (χ4n) is 2.61. The van der Waals surface area contributed by atoms with E-state index in [1.807, 2.05) is 31.2 Å². The summed E-state index contributed by atoms with van der Waals surface area (Å²) in [5.74, 6) is 1.51. The fraction of sp³-hybridized carbons (Fsp3) is 0.273. The highest BCUT2D eigenvalue weighted by molar-refractivity contribution is 5.76. The fourth-order valence-corrected chi connectivity index (χ4v) is 2.61. The molecule has 0 atom stereocenters. The summed E-state index contributed by atoms with van der Waals surface area (Å²) in [6, 6.07) is 13.9. The Morgan fingerprint density at radius 3 is 2.64 bits per heavy atom. The molecule has 1 N–H and O–H groups in total. The lowest BCUT2D eigenvalue weighted by atomic mass is 10.1. The number of benzene rings is 2. The maximum atomic E-state index is 12.8. The molecule has 0 aliphatic rings. The maximum absolute atomic E-state index is 12.8. The third kappa shape index (κ3) is 5.94. The highest BCUT2D eigenvalue weighted by Gasteiger charge is 2.09. The molecule has 2 aromatic carbocycles. The summed E-state index contributed by atoms with van der Waals surface area (Å²) in [7, 11) is 0.